The molecule has 0 aliphatic carbocycles. The Bertz CT molecular complexity index is 1030. The first-order valence-corrected chi connectivity index (χ1v) is 8.36. The predicted octanol–water partition coefficient (Wildman–Crippen LogP) is 3.22. The van der Waals surface area contributed by atoms with E-state index in [2.05, 4.69) is 9.83 Å². The topological polar surface area (TPSA) is 110 Å². The molecule has 7 heteroatoms. The van der Waals surface area contributed by atoms with E-state index in [1.54, 1.807) is 54.6 Å². The Morgan fingerprint density at radius 1 is 1.11 bits per heavy atom. The molecule has 0 saturated carbocycles. The average molecular weight is 375 g/mol. The fraction of sp³-hybridized carbons (Fsp3) is 0.0952. The Morgan fingerprint density at radius 3 is 2.25 bits per heavy atom. The number of aromatic nitrogens is 1. The summed E-state index contributed by atoms with van der Waals surface area (Å²) in [6.07, 6.45) is -1.14. The van der Waals surface area contributed by atoms with Crippen molar-refractivity contribution >= 4 is 11.6 Å². The van der Waals surface area contributed by atoms with Crippen LogP contribution in [-0.4, -0.2) is 27.7 Å². The molecule has 0 radical (unpaired) electrons. The number of ether oxygens (including phenoxy) is 1. The highest BCUT2D eigenvalue weighted by Gasteiger charge is 2.14. The SMILES string of the molecule is [C-]#[N+]c1ccc(Oc2ccc(-c3cc([C@@H](O)CO)cc(C(N)=O)n3)cc2)cc1. The first-order chi connectivity index (χ1) is 13.5. The molecule has 2 aromatic carbocycles. The van der Waals surface area contributed by atoms with E-state index in [0.717, 1.165) is 0 Å². The van der Waals surface area contributed by atoms with Crippen LogP contribution >= 0.6 is 0 Å². The van der Waals surface area contributed by atoms with E-state index in [1.165, 1.54) is 6.07 Å². The fourth-order valence-electron chi connectivity index (χ4n) is 2.54. The Balaban J connectivity index is 1.87. The molecule has 1 heterocycles. The average Bonchev–Trinajstić information content (AvgIpc) is 2.74. The zero-order valence-corrected chi connectivity index (χ0v) is 14.7. The van der Waals surface area contributed by atoms with Gasteiger partial charge in [-0.2, -0.15) is 0 Å². The van der Waals surface area contributed by atoms with Crippen LogP contribution in [0.3, 0.4) is 0 Å². The molecule has 1 aromatic heterocycles. The Kier molecular flexibility index (Phi) is 5.65. The van der Waals surface area contributed by atoms with Crippen molar-refractivity contribution in [1.82, 2.24) is 4.98 Å². The van der Waals surface area contributed by atoms with Crippen LogP contribution < -0.4 is 10.5 Å². The maximum atomic E-state index is 11.5. The maximum Gasteiger partial charge on any atom is 0.267 e. The standard InChI is InChI=1S/C21H17N3O4/c1-23-15-4-8-17(9-5-15)28-16-6-2-13(3-7-16)18-10-14(20(26)12-25)11-19(24-18)21(22)27/h2-11,20,25-26H,12H2,(H2,22,27)/t20-/m0/s1. The van der Waals surface area contributed by atoms with E-state index in [0.29, 0.717) is 34.0 Å². The number of aliphatic hydroxyl groups is 2. The van der Waals surface area contributed by atoms with Gasteiger partial charge in [-0.05, 0) is 54.1 Å². The van der Waals surface area contributed by atoms with E-state index < -0.39 is 18.6 Å². The highest BCUT2D eigenvalue weighted by molar-refractivity contribution is 5.91. The first-order valence-electron chi connectivity index (χ1n) is 8.36. The molecule has 0 saturated heterocycles. The van der Waals surface area contributed by atoms with Crippen molar-refractivity contribution in [2.24, 2.45) is 5.73 Å². The minimum atomic E-state index is -1.14. The summed E-state index contributed by atoms with van der Waals surface area (Å²) in [6, 6.07) is 16.7. The van der Waals surface area contributed by atoms with Gasteiger partial charge in [0.05, 0.1) is 18.9 Å². The number of amides is 1. The van der Waals surface area contributed by atoms with Crippen molar-refractivity contribution in [2.45, 2.75) is 6.10 Å². The summed E-state index contributed by atoms with van der Waals surface area (Å²) < 4.78 is 5.74. The third-order valence-electron chi connectivity index (χ3n) is 4.01. The van der Waals surface area contributed by atoms with E-state index in [4.69, 9.17) is 22.1 Å². The summed E-state index contributed by atoms with van der Waals surface area (Å²) in [5.74, 6) is 0.458. The summed E-state index contributed by atoms with van der Waals surface area (Å²) >= 11 is 0. The number of pyridine rings is 1. The molecule has 0 bridgehead atoms. The number of carbonyl (C=O) groups is 1. The maximum absolute atomic E-state index is 11.5. The van der Waals surface area contributed by atoms with Gasteiger partial charge in [0.25, 0.3) is 5.91 Å². The van der Waals surface area contributed by atoms with Crippen molar-refractivity contribution < 1.29 is 19.7 Å². The van der Waals surface area contributed by atoms with Gasteiger partial charge in [0.2, 0.25) is 0 Å². The Hall–Kier alpha value is -3.73. The number of hydrogen-bond donors (Lipinski definition) is 3. The molecule has 4 N–H and O–H groups in total. The summed E-state index contributed by atoms with van der Waals surface area (Å²) in [4.78, 5) is 19.1. The lowest BCUT2D eigenvalue weighted by Crippen LogP contribution is -2.15. The molecule has 1 atom stereocenters. The third-order valence-corrected chi connectivity index (χ3v) is 4.01. The largest absolute Gasteiger partial charge is 0.457 e. The zero-order chi connectivity index (χ0) is 20.1. The zero-order valence-electron chi connectivity index (χ0n) is 14.7. The monoisotopic (exact) mass is 375 g/mol. The summed E-state index contributed by atoms with van der Waals surface area (Å²) in [5, 5.41) is 19.1. The molecule has 0 fully saturated rings. The summed E-state index contributed by atoms with van der Waals surface area (Å²) in [7, 11) is 0. The number of carbonyl (C=O) groups excluding carboxylic acids is 1. The van der Waals surface area contributed by atoms with Gasteiger partial charge >= 0.3 is 0 Å². The summed E-state index contributed by atoms with van der Waals surface area (Å²) in [5.41, 5.74) is 7.32. The lowest BCUT2D eigenvalue weighted by atomic mass is 10.0. The highest BCUT2D eigenvalue weighted by Crippen LogP contribution is 2.28. The second-order valence-electron chi connectivity index (χ2n) is 5.97. The fourth-order valence-corrected chi connectivity index (χ4v) is 2.54. The lowest BCUT2D eigenvalue weighted by Gasteiger charge is -2.12. The van der Waals surface area contributed by atoms with E-state index >= 15 is 0 Å². The molecule has 3 aromatic rings. The predicted molar refractivity (Wildman–Crippen MR) is 103 cm³/mol. The van der Waals surface area contributed by atoms with Gasteiger partial charge < -0.3 is 20.7 Å². The van der Waals surface area contributed by atoms with Crippen LogP contribution in [0.4, 0.5) is 5.69 Å². The van der Waals surface area contributed by atoms with Crippen molar-refractivity contribution in [1.29, 1.82) is 0 Å². The van der Waals surface area contributed by atoms with Gasteiger partial charge in [-0.3, -0.25) is 4.79 Å². The highest BCUT2D eigenvalue weighted by atomic mass is 16.5. The van der Waals surface area contributed by atoms with Crippen LogP contribution in [0, 0.1) is 6.57 Å². The molecule has 140 valence electrons. The second kappa shape index (κ2) is 8.31. The number of primary amides is 1. The molecule has 1 amide bonds. The second-order valence-corrected chi connectivity index (χ2v) is 5.97. The minimum Gasteiger partial charge on any atom is -0.457 e. The molecular formula is C21H17N3O4. The smallest absolute Gasteiger partial charge is 0.267 e. The van der Waals surface area contributed by atoms with Crippen molar-refractivity contribution in [3.8, 4) is 22.8 Å². The summed E-state index contributed by atoms with van der Waals surface area (Å²) in [6.45, 7) is 6.47. The molecule has 3 rings (SSSR count). The first kappa shape index (κ1) is 19.0. The van der Waals surface area contributed by atoms with Gasteiger partial charge in [0.1, 0.15) is 23.3 Å². The lowest BCUT2D eigenvalue weighted by molar-refractivity contribution is 0.0948. The number of nitrogens with zero attached hydrogens (tertiary/aromatic N) is 2. The number of nitrogens with two attached hydrogens (primary N) is 1. The molecule has 7 nitrogen and oxygen atoms in total. The van der Waals surface area contributed by atoms with Gasteiger partial charge in [0, 0.05) is 5.56 Å². The van der Waals surface area contributed by atoms with Crippen LogP contribution in [-0.2, 0) is 0 Å². The van der Waals surface area contributed by atoms with E-state index in [-0.39, 0.29) is 5.69 Å². The molecule has 28 heavy (non-hydrogen) atoms. The molecular weight excluding hydrogens is 358 g/mol. The number of benzene rings is 2. The quantitative estimate of drug-likeness (QED) is 0.573. The van der Waals surface area contributed by atoms with Crippen LogP contribution in [0.15, 0.2) is 60.7 Å². The minimum absolute atomic E-state index is 0.000207. The molecule has 0 spiro atoms. The third kappa shape index (κ3) is 4.32. The van der Waals surface area contributed by atoms with Crippen LogP contribution in [0.5, 0.6) is 11.5 Å². The van der Waals surface area contributed by atoms with Crippen molar-refractivity contribution in [2.75, 3.05) is 6.61 Å². The van der Waals surface area contributed by atoms with Crippen molar-refractivity contribution in [3.05, 3.63) is 83.3 Å². The number of rotatable bonds is 6. The Labute approximate surface area is 161 Å². The van der Waals surface area contributed by atoms with Crippen LogP contribution in [0.25, 0.3) is 16.1 Å². The van der Waals surface area contributed by atoms with E-state index in [1.807, 2.05) is 0 Å². The normalized spacial score (nSPS) is 11.5. The molecule has 0 aliphatic heterocycles. The molecule has 0 unspecified atom stereocenters. The Morgan fingerprint density at radius 2 is 1.71 bits per heavy atom. The van der Waals surface area contributed by atoms with Gasteiger partial charge in [-0.25, -0.2) is 9.83 Å². The van der Waals surface area contributed by atoms with Gasteiger partial charge in [-0.1, -0.05) is 12.1 Å². The van der Waals surface area contributed by atoms with Crippen LogP contribution in [0.1, 0.15) is 22.2 Å². The molecule has 0 aliphatic rings. The number of hydrogen-bond acceptors (Lipinski definition) is 5. The van der Waals surface area contributed by atoms with E-state index in [9.17, 15) is 9.90 Å². The van der Waals surface area contributed by atoms with Crippen molar-refractivity contribution in [3.63, 3.8) is 0 Å². The van der Waals surface area contributed by atoms with Gasteiger partial charge in [-0.15, -0.1) is 0 Å². The number of aliphatic hydroxyl groups excluding tert-OH is 2. The van der Waals surface area contributed by atoms with Crippen LogP contribution in [0.2, 0.25) is 0 Å². The van der Waals surface area contributed by atoms with Gasteiger partial charge in [0.15, 0.2) is 5.69 Å².